The summed E-state index contributed by atoms with van der Waals surface area (Å²) >= 11 is 6.28. The fraction of sp³-hybridized carbons (Fsp3) is 0.900. The van der Waals surface area contributed by atoms with Crippen LogP contribution in [0.2, 0.25) is 0 Å². The minimum Gasteiger partial charge on any atom is -0.461 e. The fourth-order valence-electron chi connectivity index (χ4n) is 1.94. The molecule has 0 bridgehead atoms. The van der Waals surface area contributed by atoms with Crippen LogP contribution in [0, 0.1) is 0 Å². The average molecular weight is 343 g/mol. The second-order valence-electron chi connectivity index (χ2n) is 4.19. The van der Waals surface area contributed by atoms with Gasteiger partial charge in [-0.1, -0.05) is 31.9 Å². The smallest absolute Gasteiger partial charge is 0.330 e. The number of esters is 1. The summed E-state index contributed by atoms with van der Waals surface area (Å²) in [6.45, 7) is 4.33. The molecular formula is C10H17Br2NO2. The predicted molar refractivity (Wildman–Crippen MR) is 67.4 cm³/mol. The molecule has 0 N–H and O–H groups in total. The standard InChI is InChI=1S/C10H17Br2NO2/c1-6-4-8(5-7(2)13(6)3)15-10(14)9(11)12/h6-9H,4-5H2,1-3H3. The zero-order valence-electron chi connectivity index (χ0n) is 9.24. The summed E-state index contributed by atoms with van der Waals surface area (Å²) in [5, 5.41) is 0. The summed E-state index contributed by atoms with van der Waals surface area (Å²) in [7, 11) is 2.12. The van der Waals surface area contributed by atoms with Gasteiger partial charge in [0.05, 0.1) is 0 Å². The Morgan fingerprint density at radius 1 is 1.33 bits per heavy atom. The van der Waals surface area contributed by atoms with Gasteiger partial charge in [0, 0.05) is 12.1 Å². The Kier molecular flexibility index (Phi) is 5.06. The van der Waals surface area contributed by atoms with E-state index in [0.717, 1.165) is 12.8 Å². The number of carbonyl (C=O) groups excluding carboxylic acids is 1. The first-order chi connectivity index (χ1) is 6.91. The molecule has 0 aromatic carbocycles. The van der Waals surface area contributed by atoms with E-state index in [1.54, 1.807) is 0 Å². The number of nitrogens with zero attached hydrogens (tertiary/aromatic N) is 1. The van der Waals surface area contributed by atoms with Crippen molar-refractivity contribution < 1.29 is 9.53 Å². The molecule has 2 unspecified atom stereocenters. The van der Waals surface area contributed by atoms with Crippen LogP contribution < -0.4 is 0 Å². The number of hydrogen-bond acceptors (Lipinski definition) is 3. The Hall–Kier alpha value is 0.390. The molecule has 1 fully saturated rings. The van der Waals surface area contributed by atoms with Crippen molar-refractivity contribution in [1.29, 1.82) is 0 Å². The SMILES string of the molecule is CC1CC(OC(=O)C(Br)Br)CC(C)N1C. The molecule has 1 saturated heterocycles. The van der Waals surface area contributed by atoms with Gasteiger partial charge >= 0.3 is 5.97 Å². The van der Waals surface area contributed by atoms with Crippen LogP contribution in [0.5, 0.6) is 0 Å². The Balaban J connectivity index is 2.48. The molecule has 0 saturated carbocycles. The summed E-state index contributed by atoms with van der Waals surface area (Å²) in [6.07, 6.45) is 1.88. The van der Waals surface area contributed by atoms with Crippen molar-refractivity contribution in [2.45, 2.75) is 48.6 Å². The van der Waals surface area contributed by atoms with Crippen LogP contribution >= 0.6 is 31.9 Å². The van der Waals surface area contributed by atoms with E-state index in [1.165, 1.54) is 0 Å². The molecular weight excluding hydrogens is 326 g/mol. The summed E-state index contributed by atoms with van der Waals surface area (Å²) in [5.74, 6) is -0.232. The van der Waals surface area contributed by atoms with Crippen molar-refractivity contribution in [1.82, 2.24) is 4.90 Å². The van der Waals surface area contributed by atoms with Crippen molar-refractivity contribution in [3.8, 4) is 0 Å². The van der Waals surface area contributed by atoms with Gasteiger partial charge in [0.25, 0.3) is 0 Å². The lowest BCUT2D eigenvalue weighted by Crippen LogP contribution is -2.47. The quantitative estimate of drug-likeness (QED) is 0.570. The maximum atomic E-state index is 11.4. The van der Waals surface area contributed by atoms with Gasteiger partial charge in [0.1, 0.15) is 6.10 Å². The highest BCUT2D eigenvalue weighted by Gasteiger charge is 2.31. The first-order valence-corrected chi connectivity index (χ1v) is 6.95. The van der Waals surface area contributed by atoms with Crippen LogP contribution in [-0.2, 0) is 9.53 Å². The van der Waals surface area contributed by atoms with E-state index in [1.807, 2.05) is 0 Å². The van der Waals surface area contributed by atoms with Crippen molar-refractivity contribution in [3.63, 3.8) is 0 Å². The first kappa shape index (κ1) is 13.5. The summed E-state index contributed by atoms with van der Waals surface area (Å²) < 4.78 is 4.99. The Morgan fingerprint density at radius 3 is 2.20 bits per heavy atom. The molecule has 5 heteroatoms. The van der Waals surface area contributed by atoms with Crippen LogP contribution in [0.25, 0.3) is 0 Å². The topological polar surface area (TPSA) is 29.5 Å². The fourth-order valence-corrected chi connectivity index (χ4v) is 2.15. The summed E-state index contributed by atoms with van der Waals surface area (Å²) in [6, 6.07) is 0.936. The van der Waals surface area contributed by atoms with Gasteiger partial charge in [-0.25, -0.2) is 4.79 Å². The number of ether oxygens (including phenoxy) is 1. The largest absolute Gasteiger partial charge is 0.461 e. The minimum atomic E-state index is -0.393. The van der Waals surface area contributed by atoms with E-state index in [4.69, 9.17) is 4.74 Å². The van der Waals surface area contributed by atoms with Gasteiger partial charge in [0.15, 0.2) is 3.74 Å². The second kappa shape index (κ2) is 5.64. The van der Waals surface area contributed by atoms with Crippen LogP contribution in [0.1, 0.15) is 26.7 Å². The zero-order valence-corrected chi connectivity index (χ0v) is 12.4. The molecule has 1 aliphatic rings. The van der Waals surface area contributed by atoms with Gasteiger partial charge in [-0.15, -0.1) is 0 Å². The summed E-state index contributed by atoms with van der Waals surface area (Å²) in [5.41, 5.74) is 0. The van der Waals surface area contributed by atoms with E-state index in [2.05, 4.69) is 57.7 Å². The average Bonchev–Trinajstić information content (AvgIpc) is 2.13. The van der Waals surface area contributed by atoms with Crippen LogP contribution in [0.4, 0.5) is 0 Å². The van der Waals surface area contributed by atoms with Crippen LogP contribution in [0.3, 0.4) is 0 Å². The molecule has 0 aromatic rings. The molecule has 0 aromatic heterocycles. The zero-order chi connectivity index (χ0) is 11.6. The van der Waals surface area contributed by atoms with Crippen molar-refractivity contribution >= 4 is 37.8 Å². The maximum absolute atomic E-state index is 11.4. The predicted octanol–water partition coefficient (Wildman–Crippen LogP) is 2.52. The third-order valence-electron chi connectivity index (χ3n) is 3.06. The molecule has 0 amide bonds. The lowest BCUT2D eigenvalue weighted by Gasteiger charge is -2.39. The highest BCUT2D eigenvalue weighted by Crippen LogP contribution is 2.24. The van der Waals surface area contributed by atoms with Crippen molar-refractivity contribution in [3.05, 3.63) is 0 Å². The van der Waals surface area contributed by atoms with E-state index < -0.39 is 3.74 Å². The molecule has 0 aliphatic carbocycles. The first-order valence-electron chi connectivity index (χ1n) is 5.12. The van der Waals surface area contributed by atoms with E-state index in [0.29, 0.717) is 12.1 Å². The molecule has 1 rings (SSSR count). The number of halogens is 2. The highest BCUT2D eigenvalue weighted by molar-refractivity contribution is 9.25. The molecule has 1 heterocycles. The van der Waals surface area contributed by atoms with E-state index in [9.17, 15) is 4.79 Å². The lowest BCUT2D eigenvalue weighted by atomic mass is 9.95. The molecule has 0 spiro atoms. The number of likely N-dealkylation sites (tertiary alicyclic amines) is 1. The van der Waals surface area contributed by atoms with Gasteiger partial charge in [-0.3, -0.25) is 0 Å². The molecule has 15 heavy (non-hydrogen) atoms. The van der Waals surface area contributed by atoms with E-state index in [-0.39, 0.29) is 12.1 Å². The highest BCUT2D eigenvalue weighted by atomic mass is 79.9. The van der Waals surface area contributed by atoms with Crippen molar-refractivity contribution in [2.75, 3.05) is 7.05 Å². The van der Waals surface area contributed by atoms with Crippen LogP contribution in [-0.4, -0.2) is 39.8 Å². The minimum absolute atomic E-state index is 0.0521. The Labute approximate surface area is 108 Å². The Morgan fingerprint density at radius 2 is 1.80 bits per heavy atom. The van der Waals surface area contributed by atoms with Gasteiger partial charge in [-0.05, 0) is 33.7 Å². The monoisotopic (exact) mass is 341 g/mol. The number of rotatable bonds is 2. The number of carbonyl (C=O) groups is 1. The maximum Gasteiger partial charge on any atom is 0.330 e. The normalized spacial score (nSPS) is 33.1. The van der Waals surface area contributed by atoms with Gasteiger partial charge in [-0.2, -0.15) is 0 Å². The number of alkyl halides is 2. The Bertz CT molecular complexity index is 223. The number of hydrogen-bond donors (Lipinski definition) is 0. The second-order valence-corrected chi connectivity index (χ2v) is 7.25. The third kappa shape index (κ3) is 3.71. The van der Waals surface area contributed by atoms with Crippen LogP contribution in [0.15, 0.2) is 0 Å². The lowest BCUT2D eigenvalue weighted by molar-refractivity contribution is -0.150. The van der Waals surface area contributed by atoms with E-state index >= 15 is 0 Å². The molecule has 3 nitrogen and oxygen atoms in total. The summed E-state index contributed by atoms with van der Waals surface area (Å²) in [4.78, 5) is 13.7. The number of piperidine rings is 1. The molecule has 2 atom stereocenters. The molecule has 88 valence electrons. The van der Waals surface area contributed by atoms with Crippen molar-refractivity contribution in [2.24, 2.45) is 0 Å². The molecule has 1 aliphatic heterocycles. The van der Waals surface area contributed by atoms with Gasteiger partial charge < -0.3 is 9.64 Å². The molecule has 0 radical (unpaired) electrons. The van der Waals surface area contributed by atoms with Gasteiger partial charge in [0.2, 0.25) is 0 Å². The third-order valence-corrected chi connectivity index (χ3v) is 3.81.